The Bertz CT molecular complexity index is 1040. The standard InChI is InChI=1S/C22H24N6O3/c1-3-31-21-13-19(24-15-26-21)22(29)28-10-8-27(9-11-28)20-12-18(23-14-25-20)16-4-6-17(30-2)7-5-16/h4-7,12-15H,3,8-11H2,1-2H3. The first-order chi connectivity index (χ1) is 15.2. The molecule has 1 aliphatic rings. The number of carbonyl (C=O) groups is 1. The number of benzene rings is 1. The lowest BCUT2D eigenvalue weighted by molar-refractivity contribution is 0.0739. The average Bonchev–Trinajstić information content (AvgIpc) is 2.84. The minimum Gasteiger partial charge on any atom is -0.497 e. The predicted molar refractivity (Wildman–Crippen MR) is 115 cm³/mol. The second-order valence-electron chi connectivity index (χ2n) is 6.94. The average molecular weight is 420 g/mol. The number of rotatable bonds is 6. The van der Waals surface area contributed by atoms with Gasteiger partial charge in [-0.25, -0.2) is 19.9 Å². The Kier molecular flexibility index (Phi) is 6.21. The Balaban J connectivity index is 1.41. The van der Waals surface area contributed by atoms with Gasteiger partial charge in [0.2, 0.25) is 5.88 Å². The van der Waals surface area contributed by atoms with Gasteiger partial charge >= 0.3 is 0 Å². The first-order valence-electron chi connectivity index (χ1n) is 10.1. The highest BCUT2D eigenvalue weighted by atomic mass is 16.5. The van der Waals surface area contributed by atoms with Gasteiger partial charge in [-0.3, -0.25) is 4.79 Å². The third-order valence-electron chi connectivity index (χ3n) is 5.08. The van der Waals surface area contributed by atoms with Crippen molar-refractivity contribution in [1.82, 2.24) is 24.8 Å². The predicted octanol–water partition coefficient (Wildman–Crippen LogP) is 2.30. The molecule has 9 nitrogen and oxygen atoms in total. The first-order valence-corrected chi connectivity index (χ1v) is 10.1. The summed E-state index contributed by atoms with van der Waals surface area (Å²) in [7, 11) is 1.64. The fraction of sp³-hybridized carbons (Fsp3) is 0.318. The monoisotopic (exact) mass is 420 g/mol. The summed E-state index contributed by atoms with van der Waals surface area (Å²) in [6.45, 7) is 4.86. The number of anilines is 1. The van der Waals surface area contributed by atoms with Crippen molar-refractivity contribution in [3.05, 3.63) is 54.7 Å². The molecule has 1 aromatic carbocycles. The van der Waals surface area contributed by atoms with Crippen LogP contribution in [0.1, 0.15) is 17.4 Å². The number of nitrogens with zero attached hydrogens (tertiary/aromatic N) is 6. The number of amides is 1. The lowest BCUT2D eigenvalue weighted by Crippen LogP contribution is -2.49. The van der Waals surface area contributed by atoms with Gasteiger partial charge in [-0.2, -0.15) is 0 Å². The highest BCUT2D eigenvalue weighted by Crippen LogP contribution is 2.24. The van der Waals surface area contributed by atoms with Gasteiger partial charge in [0, 0.05) is 43.9 Å². The molecule has 0 radical (unpaired) electrons. The van der Waals surface area contributed by atoms with E-state index in [-0.39, 0.29) is 5.91 Å². The largest absolute Gasteiger partial charge is 0.497 e. The molecule has 1 fully saturated rings. The van der Waals surface area contributed by atoms with E-state index in [2.05, 4.69) is 24.8 Å². The number of piperazine rings is 1. The summed E-state index contributed by atoms with van der Waals surface area (Å²) in [6.07, 6.45) is 2.93. The third-order valence-corrected chi connectivity index (χ3v) is 5.08. The van der Waals surface area contributed by atoms with E-state index in [1.54, 1.807) is 24.4 Å². The van der Waals surface area contributed by atoms with Crippen molar-refractivity contribution in [3.8, 4) is 22.9 Å². The summed E-state index contributed by atoms with van der Waals surface area (Å²) < 4.78 is 10.6. The Morgan fingerprint density at radius 1 is 0.968 bits per heavy atom. The Morgan fingerprint density at radius 2 is 1.71 bits per heavy atom. The molecule has 2 aromatic heterocycles. The second kappa shape index (κ2) is 9.38. The highest BCUT2D eigenvalue weighted by molar-refractivity contribution is 5.92. The molecule has 0 N–H and O–H groups in total. The number of hydrogen-bond donors (Lipinski definition) is 0. The van der Waals surface area contributed by atoms with Crippen molar-refractivity contribution in [2.45, 2.75) is 6.92 Å². The molecule has 160 valence electrons. The molecule has 0 atom stereocenters. The zero-order valence-corrected chi connectivity index (χ0v) is 17.6. The third kappa shape index (κ3) is 4.71. The maximum absolute atomic E-state index is 12.8. The normalized spacial score (nSPS) is 13.7. The minimum atomic E-state index is -0.121. The van der Waals surface area contributed by atoms with Crippen LogP contribution in [0.5, 0.6) is 11.6 Å². The Labute approximate surface area is 180 Å². The molecule has 0 bridgehead atoms. The van der Waals surface area contributed by atoms with Gasteiger partial charge < -0.3 is 19.3 Å². The van der Waals surface area contributed by atoms with Crippen molar-refractivity contribution >= 4 is 11.7 Å². The van der Waals surface area contributed by atoms with E-state index in [1.165, 1.54) is 6.33 Å². The maximum atomic E-state index is 12.8. The van der Waals surface area contributed by atoms with Crippen LogP contribution in [0.2, 0.25) is 0 Å². The van der Waals surface area contributed by atoms with E-state index in [0.717, 1.165) is 22.8 Å². The van der Waals surface area contributed by atoms with Crippen LogP contribution in [-0.4, -0.2) is 70.6 Å². The van der Waals surface area contributed by atoms with Gasteiger partial charge in [0.15, 0.2) is 0 Å². The van der Waals surface area contributed by atoms with Gasteiger partial charge in [-0.05, 0) is 31.2 Å². The van der Waals surface area contributed by atoms with Gasteiger partial charge in [-0.15, -0.1) is 0 Å². The molecule has 1 aliphatic heterocycles. The fourth-order valence-electron chi connectivity index (χ4n) is 3.42. The first kappa shape index (κ1) is 20.5. The fourth-order valence-corrected chi connectivity index (χ4v) is 3.42. The van der Waals surface area contributed by atoms with Crippen molar-refractivity contribution < 1.29 is 14.3 Å². The van der Waals surface area contributed by atoms with Crippen molar-refractivity contribution in [2.75, 3.05) is 44.8 Å². The molecule has 0 spiro atoms. The van der Waals surface area contributed by atoms with Crippen LogP contribution in [0.15, 0.2) is 49.1 Å². The zero-order chi connectivity index (χ0) is 21.6. The van der Waals surface area contributed by atoms with Crippen LogP contribution in [0.25, 0.3) is 11.3 Å². The molecule has 0 unspecified atom stereocenters. The lowest BCUT2D eigenvalue weighted by Gasteiger charge is -2.35. The topological polar surface area (TPSA) is 93.6 Å². The molecule has 3 heterocycles. The lowest BCUT2D eigenvalue weighted by atomic mass is 10.1. The van der Waals surface area contributed by atoms with Crippen molar-refractivity contribution in [2.24, 2.45) is 0 Å². The van der Waals surface area contributed by atoms with E-state index >= 15 is 0 Å². The van der Waals surface area contributed by atoms with Crippen molar-refractivity contribution in [1.29, 1.82) is 0 Å². The van der Waals surface area contributed by atoms with Gasteiger partial charge in [0.25, 0.3) is 5.91 Å². The summed E-state index contributed by atoms with van der Waals surface area (Å²) in [5, 5.41) is 0. The molecule has 1 saturated heterocycles. The molecule has 3 aromatic rings. The summed E-state index contributed by atoms with van der Waals surface area (Å²) >= 11 is 0. The summed E-state index contributed by atoms with van der Waals surface area (Å²) in [6, 6.07) is 11.3. The summed E-state index contributed by atoms with van der Waals surface area (Å²) in [5.74, 6) is 1.93. The van der Waals surface area contributed by atoms with Crippen LogP contribution in [-0.2, 0) is 0 Å². The Hall–Kier alpha value is -3.75. The number of carbonyl (C=O) groups excluding carboxylic acids is 1. The quantitative estimate of drug-likeness (QED) is 0.600. The van der Waals surface area contributed by atoms with E-state index in [9.17, 15) is 4.79 Å². The van der Waals surface area contributed by atoms with E-state index in [4.69, 9.17) is 9.47 Å². The van der Waals surface area contributed by atoms with E-state index in [1.807, 2.05) is 37.3 Å². The molecule has 9 heteroatoms. The molecular weight excluding hydrogens is 396 g/mol. The van der Waals surface area contributed by atoms with Crippen LogP contribution in [0.4, 0.5) is 5.82 Å². The number of aromatic nitrogens is 4. The molecular formula is C22H24N6O3. The molecule has 0 saturated carbocycles. The summed E-state index contributed by atoms with van der Waals surface area (Å²) in [4.78, 5) is 33.7. The van der Waals surface area contributed by atoms with Crippen LogP contribution < -0.4 is 14.4 Å². The minimum absolute atomic E-state index is 0.121. The van der Waals surface area contributed by atoms with Crippen LogP contribution >= 0.6 is 0 Å². The molecule has 0 aliphatic carbocycles. The molecule has 4 rings (SSSR count). The number of methoxy groups -OCH3 is 1. The second-order valence-corrected chi connectivity index (χ2v) is 6.94. The van der Waals surface area contributed by atoms with Gasteiger partial charge in [-0.1, -0.05) is 0 Å². The van der Waals surface area contributed by atoms with Crippen LogP contribution in [0.3, 0.4) is 0 Å². The van der Waals surface area contributed by atoms with Crippen LogP contribution in [0, 0.1) is 0 Å². The van der Waals surface area contributed by atoms with E-state index in [0.29, 0.717) is 44.4 Å². The number of hydrogen-bond acceptors (Lipinski definition) is 8. The smallest absolute Gasteiger partial charge is 0.272 e. The van der Waals surface area contributed by atoms with Gasteiger partial charge in [0.1, 0.15) is 29.9 Å². The molecule has 1 amide bonds. The SMILES string of the molecule is CCOc1cc(C(=O)N2CCN(c3cc(-c4ccc(OC)cc4)ncn3)CC2)ncn1. The Morgan fingerprint density at radius 3 is 2.42 bits per heavy atom. The maximum Gasteiger partial charge on any atom is 0.272 e. The van der Waals surface area contributed by atoms with Gasteiger partial charge in [0.05, 0.1) is 19.4 Å². The van der Waals surface area contributed by atoms with E-state index < -0.39 is 0 Å². The highest BCUT2D eigenvalue weighted by Gasteiger charge is 2.24. The van der Waals surface area contributed by atoms with Crippen molar-refractivity contribution in [3.63, 3.8) is 0 Å². The number of ether oxygens (including phenoxy) is 2. The zero-order valence-electron chi connectivity index (χ0n) is 17.6. The molecule has 31 heavy (non-hydrogen) atoms. The summed E-state index contributed by atoms with van der Waals surface area (Å²) in [5.41, 5.74) is 2.18.